The fraction of sp³-hybridized carbons (Fsp3) is 0.208. The topological polar surface area (TPSA) is 75.7 Å². The number of amides is 1. The summed E-state index contributed by atoms with van der Waals surface area (Å²) in [4.78, 5) is 13.0. The molecule has 1 aliphatic carbocycles. The number of nitrogens with one attached hydrogen (secondary N) is 1. The molecule has 1 aliphatic rings. The van der Waals surface area contributed by atoms with E-state index in [1.54, 1.807) is 42.5 Å². The number of sulfonamides is 1. The molecule has 0 bridgehead atoms. The number of ether oxygens (including phenoxy) is 1. The van der Waals surface area contributed by atoms with Crippen molar-refractivity contribution in [2.75, 3.05) is 23.3 Å². The average Bonchev–Trinajstić information content (AvgIpc) is 3.26. The van der Waals surface area contributed by atoms with Crippen LogP contribution in [0.1, 0.15) is 17.5 Å². The fourth-order valence-corrected chi connectivity index (χ4v) is 5.29. The highest BCUT2D eigenvalue weighted by Gasteiger charge is 2.29. The summed E-state index contributed by atoms with van der Waals surface area (Å²) >= 11 is 0. The van der Waals surface area contributed by atoms with E-state index < -0.39 is 15.9 Å². The van der Waals surface area contributed by atoms with Crippen molar-refractivity contribution in [3.05, 3.63) is 83.9 Å². The monoisotopic (exact) mass is 436 g/mol. The number of carbonyl (C=O) groups is 1. The summed E-state index contributed by atoms with van der Waals surface area (Å²) in [6, 6.07) is 20.7. The molecule has 0 unspecified atom stereocenters. The van der Waals surface area contributed by atoms with Gasteiger partial charge in [0, 0.05) is 5.69 Å². The molecule has 4 rings (SSSR count). The number of anilines is 2. The second kappa shape index (κ2) is 8.81. The quantitative estimate of drug-likeness (QED) is 0.607. The van der Waals surface area contributed by atoms with Crippen molar-refractivity contribution in [3.8, 4) is 5.75 Å². The Hall–Kier alpha value is -3.32. The predicted octanol–water partition coefficient (Wildman–Crippen LogP) is 4.02. The summed E-state index contributed by atoms with van der Waals surface area (Å²) in [5.41, 5.74) is 3.51. The van der Waals surface area contributed by atoms with Crippen molar-refractivity contribution in [1.29, 1.82) is 0 Å². The first kappa shape index (κ1) is 20.9. The maximum Gasteiger partial charge on any atom is 0.264 e. The SMILES string of the molecule is COc1ccccc1N(CC(=O)Nc1ccc2c(c1)CCC2)S(=O)(=O)c1ccccc1. The van der Waals surface area contributed by atoms with Crippen molar-refractivity contribution in [2.24, 2.45) is 0 Å². The molecule has 160 valence electrons. The first-order valence-electron chi connectivity index (χ1n) is 10.1. The summed E-state index contributed by atoms with van der Waals surface area (Å²) in [6.07, 6.45) is 3.17. The smallest absolute Gasteiger partial charge is 0.264 e. The fourth-order valence-electron chi connectivity index (χ4n) is 3.84. The summed E-state index contributed by atoms with van der Waals surface area (Å²) in [6.45, 7) is -0.380. The summed E-state index contributed by atoms with van der Waals surface area (Å²) < 4.78 is 33.3. The zero-order chi connectivity index (χ0) is 21.8. The highest BCUT2D eigenvalue weighted by atomic mass is 32.2. The van der Waals surface area contributed by atoms with E-state index >= 15 is 0 Å². The van der Waals surface area contributed by atoms with E-state index in [9.17, 15) is 13.2 Å². The number of fused-ring (bicyclic) bond motifs is 1. The number of para-hydroxylation sites is 2. The molecule has 1 N–H and O–H groups in total. The lowest BCUT2D eigenvalue weighted by atomic mass is 10.1. The van der Waals surface area contributed by atoms with Crippen molar-refractivity contribution in [3.63, 3.8) is 0 Å². The maximum atomic E-state index is 13.4. The van der Waals surface area contributed by atoms with Gasteiger partial charge < -0.3 is 10.1 Å². The van der Waals surface area contributed by atoms with Crippen molar-refractivity contribution >= 4 is 27.3 Å². The lowest BCUT2D eigenvalue weighted by Gasteiger charge is -2.25. The standard InChI is InChI=1S/C24H24N2O4S/c1-30-23-13-6-5-12-22(23)26(31(28,29)21-10-3-2-4-11-21)17-24(27)25-20-15-14-18-8-7-9-19(18)16-20/h2-6,10-16H,7-9,17H2,1H3,(H,25,27). The van der Waals surface area contributed by atoms with Crippen LogP contribution >= 0.6 is 0 Å². The Balaban J connectivity index is 1.65. The van der Waals surface area contributed by atoms with Gasteiger partial charge in [0.05, 0.1) is 17.7 Å². The number of hydrogen-bond donors (Lipinski definition) is 1. The van der Waals surface area contributed by atoms with Gasteiger partial charge in [-0.25, -0.2) is 8.42 Å². The normalized spacial score (nSPS) is 12.8. The molecule has 31 heavy (non-hydrogen) atoms. The largest absolute Gasteiger partial charge is 0.495 e. The van der Waals surface area contributed by atoms with Crippen LogP contribution in [-0.2, 0) is 27.7 Å². The van der Waals surface area contributed by atoms with E-state index in [1.807, 2.05) is 18.2 Å². The number of methoxy groups -OCH3 is 1. The van der Waals surface area contributed by atoms with Crippen LogP contribution in [0.25, 0.3) is 0 Å². The predicted molar refractivity (Wildman–Crippen MR) is 121 cm³/mol. The van der Waals surface area contributed by atoms with E-state index in [0.29, 0.717) is 17.1 Å². The first-order chi connectivity index (χ1) is 15.0. The molecule has 0 spiro atoms. The Kier molecular flexibility index (Phi) is 5.95. The van der Waals surface area contributed by atoms with E-state index in [2.05, 4.69) is 5.32 Å². The minimum atomic E-state index is -3.99. The second-order valence-electron chi connectivity index (χ2n) is 7.38. The number of benzene rings is 3. The third kappa shape index (κ3) is 4.41. The van der Waals surface area contributed by atoms with E-state index in [0.717, 1.165) is 23.6 Å². The Morgan fingerprint density at radius 1 is 0.968 bits per heavy atom. The van der Waals surface area contributed by atoms with Gasteiger partial charge in [-0.1, -0.05) is 36.4 Å². The van der Waals surface area contributed by atoms with Crippen LogP contribution < -0.4 is 14.4 Å². The van der Waals surface area contributed by atoms with Gasteiger partial charge in [-0.3, -0.25) is 9.10 Å². The van der Waals surface area contributed by atoms with Crippen LogP contribution in [0.4, 0.5) is 11.4 Å². The maximum absolute atomic E-state index is 13.4. The van der Waals surface area contributed by atoms with E-state index in [-0.39, 0.29) is 11.4 Å². The Morgan fingerprint density at radius 3 is 2.45 bits per heavy atom. The van der Waals surface area contributed by atoms with Gasteiger partial charge in [0.25, 0.3) is 10.0 Å². The molecular weight excluding hydrogens is 412 g/mol. The Morgan fingerprint density at radius 2 is 1.68 bits per heavy atom. The summed E-state index contributed by atoms with van der Waals surface area (Å²) in [5, 5.41) is 2.85. The van der Waals surface area contributed by atoms with Crippen LogP contribution in [0, 0.1) is 0 Å². The van der Waals surface area contributed by atoms with E-state index in [4.69, 9.17) is 4.74 Å². The van der Waals surface area contributed by atoms with Crippen LogP contribution in [-0.4, -0.2) is 28.0 Å². The van der Waals surface area contributed by atoms with Gasteiger partial charge in [0.2, 0.25) is 5.91 Å². The number of hydrogen-bond acceptors (Lipinski definition) is 4. The molecule has 0 fully saturated rings. The van der Waals surface area contributed by atoms with Gasteiger partial charge in [0.15, 0.2) is 0 Å². The molecule has 0 radical (unpaired) electrons. The third-order valence-corrected chi connectivity index (χ3v) is 7.13. The summed E-state index contributed by atoms with van der Waals surface area (Å²) in [7, 11) is -2.52. The molecule has 7 heteroatoms. The molecule has 0 aliphatic heterocycles. The average molecular weight is 437 g/mol. The van der Waals surface area contributed by atoms with Crippen LogP contribution in [0.3, 0.4) is 0 Å². The number of rotatable bonds is 7. The van der Waals surface area contributed by atoms with Crippen molar-refractivity contribution < 1.29 is 17.9 Å². The molecule has 3 aromatic rings. The van der Waals surface area contributed by atoms with Crippen LogP contribution in [0.2, 0.25) is 0 Å². The molecule has 0 heterocycles. The Bertz CT molecular complexity index is 1190. The molecule has 0 saturated heterocycles. The second-order valence-corrected chi connectivity index (χ2v) is 9.24. The van der Waals surface area contributed by atoms with E-state index in [1.165, 1.54) is 30.4 Å². The zero-order valence-corrected chi connectivity index (χ0v) is 18.1. The molecule has 3 aromatic carbocycles. The number of aryl methyl sites for hydroxylation is 2. The van der Waals surface area contributed by atoms with Gasteiger partial charge in [0.1, 0.15) is 12.3 Å². The van der Waals surface area contributed by atoms with Gasteiger partial charge in [-0.05, 0) is 66.8 Å². The van der Waals surface area contributed by atoms with Gasteiger partial charge >= 0.3 is 0 Å². The van der Waals surface area contributed by atoms with Gasteiger partial charge in [-0.15, -0.1) is 0 Å². The molecule has 0 aromatic heterocycles. The third-order valence-electron chi connectivity index (χ3n) is 5.35. The minimum Gasteiger partial charge on any atom is -0.495 e. The van der Waals surface area contributed by atoms with Crippen molar-refractivity contribution in [2.45, 2.75) is 24.2 Å². The highest BCUT2D eigenvalue weighted by molar-refractivity contribution is 7.92. The van der Waals surface area contributed by atoms with Crippen LogP contribution in [0.15, 0.2) is 77.7 Å². The molecule has 6 nitrogen and oxygen atoms in total. The first-order valence-corrected chi connectivity index (χ1v) is 11.6. The zero-order valence-electron chi connectivity index (χ0n) is 17.2. The lowest BCUT2D eigenvalue weighted by Crippen LogP contribution is -2.38. The number of nitrogens with zero attached hydrogens (tertiary/aromatic N) is 1. The summed E-state index contributed by atoms with van der Waals surface area (Å²) in [5.74, 6) is -0.0595. The minimum absolute atomic E-state index is 0.103. The molecule has 0 atom stereocenters. The molecule has 0 saturated carbocycles. The molecule has 1 amide bonds. The molecular formula is C24H24N2O4S. The van der Waals surface area contributed by atoms with Gasteiger partial charge in [-0.2, -0.15) is 0 Å². The van der Waals surface area contributed by atoms with Crippen molar-refractivity contribution in [1.82, 2.24) is 0 Å². The Labute approximate surface area is 182 Å². The number of carbonyl (C=O) groups excluding carboxylic acids is 1. The lowest BCUT2D eigenvalue weighted by molar-refractivity contribution is -0.114. The van der Waals surface area contributed by atoms with Crippen LogP contribution in [0.5, 0.6) is 5.75 Å². The highest BCUT2D eigenvalue weighted by Crippen LogP contribution is 2.32.